The zero-order valence-corrected chi connectivity index (χ0v) is 12.8. The van der Waals surface area contributed by atoms with Gasteiger partial charge in [0.25, 0.3) is 0 Å². The summed E-state index contributed by atoms with van der Waals surface area (Å²) >= 11 is 3.30. The van der Waals surface area contributed by atoms with Crippen LogP contribution in [0.4, 0.5) is 0 Å². The van der Waals surface area contributed by atoms with Crippen molar-refractivity contribution in [2.45, 2.75) is 0 Å². The molecule has 0 atom stereocenters. The van der Waals surface area contributed by atoms with Crippen molar-refractivity contribution in [1.29, 1.82) is 0 Å². The summed E-state index contributed by atoms with van der Waals surface area (Å²) in [5, 5.41) is 8.20. The monoisotopic (exact) mass is 301 g/mol. The smallest absolute Gasteiger partial charge is 0.187 e. The molecule has 2 nitrogen and oxygen atoms in total. The molecule has 0 aliphatic carbocycles. The molecular weight excluding hydrogens is 286 g/mol. The molecule has 1 saturated heterocycles. The second-order valence-electron chi connectivity index (χ2n) is 4.95. The number of piperidine rings is 1. The van der Waals surface area contributed by atoms with E-state index in [-0.39, 0.29) is 5.78 Å². The molecule has 1 fully saturated rings. The first-order valence-electron chi connectivity index (χ1n) is 6.41. The summed E-state index contributed by atoms with van der Waals surface area (Å²) in [6.45, 7) is 1.44. The molecule has 0 radical (unpaired) electrons. The van der Waals surface area contributed by atoms with E-state index in [9.17, 15) is 4.79 Å². The third-order valence-corrected chi connectivity index (χ3v) is 4.63. The van der Waals surface area contributed by atoms with Gasteiger partial charge >= 0.3 is 0 Å². The van der Waals surface area contributed by atoms with Gasteiger partial charge < -0.3 is 0 Å². The number of rotatable bonds is 2. The Labute approximate surface area is 126 Å². The van der Waals surface area contributed by atoms with Crippen LogP contribution in [0, 0.1) is 0 Å². The van der Waals surface area contributed by atoms with Gasteiger partial charge in [-0.15, -0.1) is 0 Å². The Hall–Kier alpha value is -1.49. The molecule has 0 N–H and O–H groups in total. The fourth-order valence-corrected chi connectivity index (χ4v) is 3.56. The van der Waals surface area contributed by atoms with Crippen molar-refractivity contribution in [1.82, 2.24) is 4.90 Å². The number of hydrogen-bond donors (Lipinski definition) is 0. The quantitative estimate of drug-likeness (QED) is 0.787. The van der Waals surface area contributed by atoms with Crippen molar-refractivity contribution < 1.29 is 4.79 Å². The number of likely N-dealkylation sites (N-methyl/N-ethyl adjacent to an activating group) is 1. The molecule has 102 valence electrons. The van der Waals surface area contributed by atoms with E-state index >= 15 is 0 Å². The molecule has 2 aromatic rings. The van der Waals surface area contributed by atoms with Gasteiger partial charge in [-0.05, 0) is 64.0 Å². The Morgan fingerprint density at radius 3 is 1.90 bits per heavy atom. The first kappa shape index (κ1) is 13.5. The average molecular weight is 301 g/mol. The van der Waals surface area contributed by atoms with Gasteiger partial charge in [0.2, 0.25) is 0 Å². The number of hydrogen-bond acceptors (Lipinski definition) is 4. The van der Waals surface area contributed by atoms with Crippen LogP contribution in [0.2, 0.25) is 0 Å². The van der Waals surface area contributed by atoms with Gasteiger partial charge in [-0.2, -0.15) is 22.7 Å². The second kappa shape index (κ2) is 5.87. The fourth-order valence-electron chi connectivity index (χ4n) is 2.33. The zero-order valence-electron chi connectivity index (χ0n) is 11.2. The van der Waals surface area contributed by atoms with Crippen LogP contribution >= 0.6 is 22.7 Å². The Morgan fingerprint density at radius 1 is 1.00 bits per heavy atom. The minimum absolute atomic E-state index is 0.181. The van der Waals surface area contributed by atoms with Crippen LogP contribution < -0.4 is 0 Å². The van der Waals surface area contributed by atoms with Crippen LogP contribution in [0.15, 0.2) is 44.8 Å². The maximum Gasteiger partial charge on any atom is 0.187 e. The number of carbonyl (C=O) groups excluding carboxylic acids is 1. The Balaban J connectivity index is 1.92. The third-order valence-electron chi connectivity index (χ3n) is 3.23. The van der Waals surface area contributed by atoms with E-state index in [2.05, 4.69) is 22.7 Å². The summed E-state index contributed by atoms with van der Waals surface area (Å²) < 4.78 is 0. The lowest BCUT2D eigenvalue weighted by molar-refractivity contribution is -0.113. The Bertz CT molecular complexity index is 594. The normalized spacial score (nSPS) is 20.9. The summed E-state index contributed by atoms with van der Waals surface area (Å²) in [4.78, 5) is 14.7. The first-order valence-corrected chi connectivity index (χ1v) is 8.30. The van der Waals surface area contributed by atoms with E-state index in [1.165, 1.54) is 0 Å². The minimum atomic E-state index is 0.181. The van der Waals surface area contributed by atoms with Gasteiger partial charge in [0.1, 0.15) is 0 Å². The maximum absolute atomic E-state index is 12.6. The van der Waals surface area contributed by atoms with E-state index in [1.807, 2.05) is 35.0 Å². The molecule has 0 bridgehead atoms. The van der Waals surface area contributed by atoms with Crippen LogP contribution in [0.3, 0.4) is 0 Å². The number of likely N-dealkylation sites (tertiary alicyclic amines) is 1. The van der Waals surface area contributed by atoms with Crippen molar-refractivity contribution in [3.8, 4) is 0 Å². The van der Waals surface area contributed by atoms with E-state index < -0.39 is 0 Å². The summed E-state index contributed by atoms with van der Waals surface area (Å²) in [7, 11) is 2.05. The van der Waals surface area contributed by atoms with Crippen molar-refractivity contribution in [2.75, 3.05) is 20.1 Å². The van der Waals surface area contributed by atoms with Crippen molar-refractivity contribution in [3.05, 3.63) is 55.9 Å². The average Bonchev–Trinajstić information content (AvgIpc) is 3.08. The van der Waals surface area contributed by atoms with Crippen LogP contribution in [0.5, 0.6) is 0 Å². The number of nitrogens with zero attached hydrogens (tertiary/aromatic N) is 1. The highest BCUT2D eigenvalue weighted by Gasteiger charge is 2.23. The molecule has 0 spiro atoms. The highest BCUT2D eigenvalue weighted by Crippen LogP contribution is 2.22. The van der Waals surface area contributed by atoms with E-state index in [1.54, 1.807) is 22.7 Å². The van der Waals surface area contributed by atoms with Crippen molar-refractivity contribution in [2.24, 2.45) is 0 Å². The predicted octanol–water partition coefficient (Wildman–Crippen LogP) is 3.79. The molecule has 0 amide bonds. The molecule has 1 aliphatic rings. The molecular formula is C16H15NOS2. The molecule has 2 aromatic heterocycles. The lowest BCUT2D eigenvalue weighted by atomic mass is 9.95. The Kier molecular flexibility index (Phi) is 3.96. The van der Waals surface area contributed by atoms with Crippen LogP contribution in [-0.2, 0) is 4.79 Å². The van der Waals surface area contributed by atoms with Crippen LogP contribution in [0.1, 0.15) is 11.1 Å². The molecule has 4 heteroatoms. The standard InChI is InChI=1S/C16H15NOS2/c1-17-8-14(6-12-2-4-19-10-12)16(18)15(9-17)7-13-3-5-20-11-13/h2-7,10-11H,8-9H2,1H3/b14-6-,15-7+. The molecule has 1 aliphatic heterocycles. The van der Waals surface area contributed by atoms with Crippen molar-refractivity contribution >= 4 is 40.6 Å². The molecule has 0 aromatic carbocycles. The third kappa shape index (κ3) is 2.98. The van der Waals surface area contributed by atoms with Gasteiger partial charge in [0.05, 0.1) is 0 Å². The maximum atomic E-state index is 12.6. The molecule has 3 heterocycles. The second-order valence-corrected chi connectivity index (χ2v) is 6.51. The minimum Gasteiger partial charge on any atom is -0.298 e. The van der Waals surface area contributed by atoms with Crippen LogP contribution in [-0.4, -0.2) is 30.8 Å². The van der Waals surface area contributed by atoms with Gasteiger partial charge in [-0.25, -0.2) is 0 Å². The van der Waals surface area contributed by atoms with Crippen LogP contribution in [0.25, 0.3) is 12.2 Å². The number of ketones is 1. The molecule has 0 unspecified atom stereocenters. The highest BCUT2D eigenvalue weighted by atomic mass is 32.1. The lowest BCUT2D eigenvalue weighted by Crippen LogP contribution is -2.34. The summed E-state index contributed by atoms with van der Waals surface area (Å²) in [6, 6.07) is 4.09. The largest absolute Gasteiger partial charge is 0.298 e. The van der Waals surface area contributed by atoms with Gasteiger partial charge in [-0.1, -0.05) is 0 Å². The molecule has 0 saturated carbocycles. The first-order chi connectivity index (χ1) is 9.72. The van der Waals surface area contributed by atoms with E-state index in [0.717, 1.165) is 35.4 Å². The number of Topliss-reactive ketones (excluding diaryl/α,β-unsaturated/α-hetero) is 1. The van der Waals surface area contributed by atoms with E-state index in [0.29, 0.717) is 0 Å². The van der Waals surface area contributed by atoms with E-state index in [4.69, 9.17) is 0 Å². The van der Waals surface area contributed by atoms with Gasteiger partial charge in [-0.3, -0.25) is 9.69 Å². The summed E-state index contributed by atoms with van der Waals surface area (Å²) in [5.74, 6) is 0.181. The van der Waals surface area contributed by atoms with Gasteiger partial charge in [0, 0.05) is 24.2 Å². The molecule has 3 rings (SSSR count). The van der Waals surface area contributed by atoms with Gasteiger partial charge in [0.15, 0.2) is 5.78 Å². The summed E-state index contributed by atoms with van der Waals surface area (Å²) in [6.07, 6.45) is 4.02. The number of carbonyl (C=O) groups is 1. The molecule has 20 heavy (non-hydrogen) atoms. The topological polar surface area (TPSA) is 20.3 Å². The number of thiophene rings is 2. The van der Waals surface area contributed by atoms with Crippen molar-refractivity contribution in [3.63, 3.8) is 0 Å². The lowest BCUT2D eigenvalue weighted by Gasteiger charge is -2.25. The zero-order chi connectivity index (χ0) is 13.9. The Morgan fingerprint density at radius 2 is 1.50 bits per heavy atom. The highest BCUT2D eigenvalue weighted by molar-refractivity contribution is 7.08. The summed E-state index contributed by atoms with van der Waals surface area (Å²) in [5.41, 5.74) is 3.98. The SMILES string of the molecule is CN1C/C(=C/c2ccsc2)C(=O)/C(=C/c2ccsc2)C1. The predicted molar refractivity (Wildman–Crippen MR) is 87.1 cm³/mol. The fraction of sp³-hybridized carbons (Fsp3) is 0.188.